The van der Waals surface area contributed by atoms with Gasteiger partial charge < -0.3 is 10.0 Å². The molecule has 0 saturated heterocycles. The summed E-state index contributed by atoms with van der Waals surface area (Å²) >= 11 is 5.96. The van der Waals surface area contributed by atoms with E-state index in [1.807, 2.05) is 13.0 Å². The van der Waals surface area contributed by atoms with Crippen LogP contribution in [0.4, 0.5) is 0 Å². The fourth-order valence-corrected chi connectivity index (χ4v) is 2.15. The van der Waals surface area contributed by atoms with Gasteiger partial charge in [0.2, 0.25) is 0 Å². The molecule has 1 N–H and O–H groups in total. The normalized spacial score (nSPS) is 12.0. The van der Waals surface area contributed by atoms with Gasteiger partial charge in [-0.3, -0.25) is 4.79 Å². The Balaban J connectivity index is 2.34. The summed E-state index contributed by atoms with van der Waals surface area (Å²) in [7, 11) is 1.44. The maximum Gasteiger partial charge on any atom is 0.326 e. The van der Waals surface area contributed by atoms with Gasteiger partial charge in [0.15, 0.2) is 5.69 Å². The molecule has 6 nitrogen and oxygen atoms in total. The standard InChI is InChI=1S/C15H16ClN3O3/c1-9-7-13(14(20)18(3)10(2)15(21)22)17-19(9)12-6-4-5-11(16)8-12/h4-8,10H,1-3H3,(H,21,22). The maximum absolute atomic E-state index is 12.3. The van der Waals surface area contributed by atoms with Gasteiger partial charge in [-0.05, 0) is 38.1 Å². The summed E-state index contributed by atoms with van der Waals surface area (Å²) in [5, 5.41) is 13.8. The molecule has 116 valence electrons. The summed E-state index contributed by atoms with van der Waals surface area (Å²) in [6.45, 7) is 3.26. The minimum atomic E-state index is -1.07. The van der Waals surface area contributed by atoms with Gasteiger partial charge in [-0.1, -0.05) is 17.7 Å². The zero-order chi connectivity index (χ0) is 16.4. The molecule has 1 heterocycles. The first-order valence-corrected chi connectivity index (χ1v) is 7.01. The summed E-state index contributed by atoms with van der Waals surface area (Å²) in [5.41, 5.74) is 1.67. The molecule has 1 atom stereocenters. The second kappa shape index (κ2) is 6.19. The van der Waals surface area contributed by atoms with Crippen LogP contribution in [0.15, 0.2) is 30.3 Å². The number of hydrogen-bond acceptors (Lipinski definition) is 3. The summed E-state index contributed by atoms with van der Waals surface area (Å²) in [6, 6.07) is 7.79. The van der Waals surface area contributed by atoms with Gasteiger partial charge in [0.1, 0.15) is 6.04 Å². The number of carboxylic acid groups (broad SMARTS) is 1. The molecular weight excluding hydrogens is 306 g/mol. The van der Waals surface area contributed by atoms with Crippen LogP contribution in [0.2, 0.25) is 5.02 Å². The highest BCUT2D eigenvalue weighted by molar-refractivity contribution is 6.30. The molecule has 0 bridgehead atoms. The number of hydrogen-bond donors (Lipinski definition) is 1. The average Bonchev–Trinajstić information content (AvgIpc) is 2.86. The molecule has 22 heavy (non-hydrogen) atoms. The molecule has 7 heteroatoms. The summed E-state index contributed by atoms with van der Waals surface area (Å²) in [5.74, 6) is -1.51. The van der Waals surface area contributed by atoms with Crippen molar-refractivity contribution >= 4 is 23.5 Å². The largest absolute Gasteiger partial charge is 0.480 e. The number of aryl methyl sites for hydroxylation is 1. The van der Waals surface area contributed by atoms with Crippen LogP contribution < -0.4 is 0 Å². The highest BCUT2D eigenvalue weighted by atomic mass is 35.5. The number of benzene rings is 1. The fourth-order valence-electron chi connectivity index (χ4n) is 1.97. The number of carbonyl (C=O) groups excluding carboxylic acids is 1. The number of aromatic nitrogens is 2. The minimum absolute atomic E-state index is 0.188. The number of aliphatic carboxylic acids is 1. The molecule has 0 aliphatic rings. The SMILES string of the molecule is Cc1cc(C(=O)N(C)C(C)C(=O)O)nn1-c1cccc(Cl)c1. The van der Waals surface area contributed by atoms with E-state index >= 15 is 0 Å². The Bertz CT molecular complexity index is 727. The molecule has 0 saturated carbocycles. The predicted octanol–water partition coefficient (Wildman–Crippen LogP) is 2.38. The first-order chi connectivity index (χ1) is 10.3. The van der Waals surface area contributed by atoms with Crippen LogP contribution in [0, 0.1) is 6.92 Å². The van der Waals surface area contributed by atoms with E-state index in [1.165, 1.54) is 14.0 Å². The molecule has 0 spiro atoms. The van der Waals surface area contributed by atoms with Crippen molar-refractivity contribution in [1.29, 1.82) is 0 Å². The molecule has 1 unspecified atom stereocenters. The summed E-state index contributed by atoms with van der Waals surface area (Å²) in [6.07, 6.45) is 0. The first-order valence-electron chi connectivity index (χ1n) is 6.64. The second-order valence-electron chi connectivity index (χ2n) is 4.99. The zero-order valence-electron chi connectivity index (χ0n) is 12.4. The van der Waals surface area contributed by atoms with E-state index in [4.69, 9.17) is 16.7 Å². The molecule has 0 aliphatic heterocycles. The van der Waals surface area contributed by atoms with E-state index < -0.39 is 17.9 Å². The Morgan fingerprint density at radius 3 is 2.64 bits per heavy atom. The Kier molecular flexibility index (Phi) is 4.51. The van der Waals surface area contributed by atoms with Crippen molar-refractivity contribution in [1.82, 2.24) is 14.7 Å². The first kappa shape index (κ1) is 16.0. The van der Waals surface area contributed by atoms with Crippen LogP contribution in [-0.4, -0.2) is 44.8 Å². The lowest BCUT2D eigenvalue weighted by atomic mass is 10.2. The van der Waals surface area contributed by atoms with Crippen molar-refractivity contribution in [2.75, 3.05) is 7.05 Å². The lowest BCUT2D eigenvalue weighted by Crippen LogP contribution is -2.40. The Hall–Kier alpha value is -2.34. The fraction of sp³-hybridized carbons (Fsp3) is 0.267. The van der Waals surface area contributed by atoms with E-state index in [0.717, 1.165) is 16.3 Å². The maximum atomic E-state index is 12.3. The van der Waals surface area contributed by atoms with Crippen molar-refractivity contribution in [3.05, 3.63) is 46.7 Å². The topological polar surface area (TPSA) is 75.4 Å². The van der Waals surface area contributed by atoms with Crippen LogP contribution in [0.25, 0.3) is 5.69 Å². The van der Waals surface area contributed by atoms with E-state index in [2.05, 4.69) is 5.10 Å². The van der Waals surface area contributed by atoms with Crippen molar-refractivity contribution in [3.63, 3.8) is 0 Å². The number of carbonyl (C=O) groups is 2. The molecule has 0 aliphatic carbocycles. The number of likely N-dealkylation sites (N-methyl/N-ethyl adjacent to an activating group) is 1. The molecule has 0 fully saturated rings. The third kappa shape index (κ3) is 3.12. The minimum Gasteiger partial charge on any atom is -0.480 e. The van der Waals surface area contributed by atoms with Crippen molar-refractivity contribution < 1.29 is 14.7 Å². The molecule has 1 amide bonds. The van der Waals surface area contributed by atoms with Crippen LogP contribution in [0.5, 0.6) is 0 Å². The predicted molar refractivity (Wildman–Crippen MR) is 82.5 cm³/mol. The van der Waals surface area contributed by atoms with Crippen LogP contribution in [-0.2, 0) is 4.79 Å². The smallest absolute Gasteiger partial charge is 0.326 e. The van der Waals surface area contributed by atoms with Crippen LogP contribution in [0.1, 0.15) is 23.1 Å². The van der Waals surface area contributed by atoms with Gasteiger partial charge in [0.25, 0.3) is 5.91 Å². The van der Waals surface area contributed by atoms with E-state index in [0.29, 0.717) is 5.02 Å². The summed E-state index contributed by atoms with van der Waals surface area (Å²) in [4.78, 5) is 24.4. The second-order valence-corrected chi connectivity index (χ2v) is 5.43. The van der Waals surface area contributed by atoms with Crippen molar-refractivity contribution in [2.45, 2.75) is 19.9 Å². The Labute approximate surface area is 132 Å². The number of halogens is 1. The highest BCUT2D eigenvalue weighted by Crippen LogP contribution is 2.17. The zero-order valence-corrected chi connectivity index (χ0v) is 13.2. The third-order valence-corrected chi connectivity index (χ3v) is 3.65. The van der Waals surface area contributed by atoms with Crippen LogP contribution in [0.3, 0.4) is 0 Å². The third-order valence-electron chi connectivity index (χ3n) is 3.42. The van der Waals surface area contributed by atoms with Gasteiger partial charge in [-0.25, -0.2) is 9.48 Å². The van der Waals surface area contributed by atoms with Gasteiger partial charge in [0.05, 0.1) is 5.69 Å². The van der Waals surface area contributed by atoms with Crippen molar-refractivity contribution in [2.24, 2.45) is 0 Å². The lowest BCUT2D eigenvalue weighted by molar-refractivity contribution is -0.141. The van der Waals surface area contributed by atoms with E-state index in [-0.39, 0.29) is 5.69 Å². The molecule has 1 aromatic carbocycles. The van der Waals surface area contributed by atoms with E-state index in [9.17, 15) is 9.59 Å². The number of carboxylic acids is 1. The quantitative estimate of drug-likeness (QED) is 0.938. The molecule has 2 rings (SSSR count). The van der Waals surface area contributed by atoms with Crippen molar-refractivity contribution in [3.8, 4) is 5.69 Å². The van der Waals surface area contributed by atoms with E-state index in [1.54, 1.807) is 28.9 Å². The molecule has 0 radical (unpaired) electrons. The Morgan fingerprint density at radius 1 is 1.36 bits per heavy atom. The monoisotopic (exact) mass is 321 g/mol. The molecule has 1 aromatic heterocycles. The molecular formula is C15H16ClN3O3. The van der Waals surface area contributed by atoms with Gasteiger partial charge in [-0.15, -0.1) is 0 Å². The van der Waals surface area contributed by atoms with Gasteiger partial charge in [-0.2, -0.15) is 5.10 Å². The average molecular weight is 322 g/mol. The highest BCUT2D eigenvalue weighted by Gasteiger charge is 2.25. The lowest BCUT2D eigenvalue weighted by Gasteiger charge is -2.20. The van der Waals surface area contributed by atoms with Crippen LogP contribution >= 0.6 is 11.6 Å². The Morgan fingerprint density at radius 2 is 2.05 bits per heavy atom. The number of nitrogens with zero attached hydrogens (tertiary/aromatic N) is 3. The van der Waals surface area contributed by atoms with Gasteiger partial charge in [0, 0.05) is 17.8 Å². The number of rotatable bonds is 4. The number of amides is 1. The van der Waals surface area contributed by atoms with Gasteiger partial charge >= 0.3 is 5.97 Å². The molecule has 2 aromatic rings. The summed E-state index contributed by atoms with van der Waals surface area (Å²) < 4.78 is 1.60.